The van der Waals surface area contributed by atoms with Gasteiger partial charge in [-0.3, -0.25) is 0 Å². The van der Waals surface area contributed by atoms with Crippen molar-refractivity contribution in [2.45, 2.75) is 12.7 Å². The average Bonchev–Trinajstić information content (AvgIpc) is 2.38. The topological polar surface area (TPSA) is 87.7 Å². The molecular formula is C13H22N2O4S. The van der Waals surface area contributed by atoms with Crippen LogP contribution in [0.25, 0.3) is 0 Å². The summed E-state index contributed by atoms with van der Waals surface area (Å²) in [4.78, 5) is 0. The molecule has 0 bridgehead atoms. The van der Waals surface area contributed by atoms with Gasteiger partial charge in [0, 0.05) is 19.6 Å². The molecule has 0 amide bonds. The van der Waals surface area contributed by atoms with Crippen LogP contribution in [0.3, 0.4) is 0 Å². The lowest BCUT2D eigenvalue weighted by atomic mass is 10.2. The molecule has 114 valence electrons. The predicted molar refractivity (Wildman–Crippen MR) is 77.8 cm³/mol. The number of benzene rings is 1. The van der Waals surface area contributed by atoms with E-state index >= 15 is 0 Å². The fourth-order valence-electron chi connectivity index (χ4n) is 1.54. The van der Waals surface area contributed by atoms with Gasteiger partial charge in [0.05, 0.1) is 25.6 Å². The van der Waals surface area contributed by atoms with Gasteiger partial charge in [-0.25, -0.2) is 13.1 Å². The highest BCUT2D eigenvalue weighted by Gasteiger charge is 2.04. The second kappa shape index (κ2) is 9.04. The third kappa shape index (κ3) is 9.00. The molecule has 1 aromatic carbocycles. The highest BCUT2D eigenvalue weighted by Crippen LogP contribution is 2.00. The second-order valence-corrected chi connectivity index (χ2v) is 6.36. The number of sulfonamides is 1. The maximum absolute atomic E-state index is 10.8. The first-order chi connectivity index (χ1) is 9.47. The summed E-state index contributed by atoms with van der Waals surface area (Å²) in [5.41, 5.74) is 1.06. The van der Waals surface area contributed by atoms with Crippen molar-refractivity contribution in [2.75, 3.05) is 32.5 Å². The van der Waals surface area contributed by atoms with E-state index in [0.29, 0.717) is 26.2 Å². The van der Waals surface area contributed by atoms with Crippen LogP contribution in [0.2, 0.25) is 0 Å². The van der Waals surface area contributed by atoms with E-state index in [2.05, 4.69) is 10.0 Å². The summed E-state index contributed by atoms with van der Waals surface area (Å²) >= 11 is 0. The van der Waals surface area contributed by atoms with E-state index in [9.17, 15) is 13.5 Å². The van der Waals surface area contributed by atoms with Crippen LogP contribution in [-0.4, -0.2) is 52.1 Å². The lowest BCUT2D eigenvalue weighted by molar-refractivity contribution is 0.0290. The Labute approximate surface area is 120 Å². The van der Waals surface area contributed by atoms with E-state index in [0.717, 1.165) is 11.8 Å². The van der Waals surface area contributed by atoms with Gasteiger partial charge in [0.25, 0.3) is 0 Å². The van der Waals surface area contributed by atoms with Gasteiger partial charge in [0.2, 0.25) is 10.0 Å². The van der Waals surface area contributed by atoms with Crippen LogP contribution in [0, 0.1) is 0 Å². The third-order valence-electron chi connectivity index (χ3n) is 2.47. The SMILES string of the molecule is CS(=O)(=O)NCCNCC(O)COCc1ccccc1. The Kier molecular flexibility index (Phi) is 7.71. The normalized spacial score (nSPS) is 13.3. The molecule has 1 unspecified atom stereocenters. The molecule has 0 spiro atoms. The maximum atomic E-state index is 10.8. The van der Waals surface area contributed by atoms with Crippen LogP contribution in [0.5, 0.6) is 0 Å². The van der Waals surface area contributed by atoms with Crippen LogP contribution in [0.1, 0.15) is 5.56 Å². The van der Waals surface area contributed by atoms with E-state index in [4.69, 9.17) is 4.74 Å². The molecule has 0 saturated heterocycles. The van der Waals surface area contributed by atoms with E-state index in [1.54, 1.807) is 0 Å². The molecule has 0 heterocycles. The molecular weight excluding hydrogens is 280 g/mol. The van der Waals surface area contributed by atoms with Gasteiger partial charge < -0.3 is 15.2 Å². The number of aliphatic hydroxyl groups is 1. The Morgan fingerprint density at radius 3 is 2.60 bits per heavy atom. The van der Waals surface area contributed by atoms with Gasteiger partial charge in [0.15, 0.2) is 0 Å². The first-order valence-electron chi connectivity index (χ1n) is 6.42. The Bertz CT molecular complexity index is 465. The summed E-state index contributed by atoms with van der Waals surface area (Å²) in [6.07, 6.45) is 0.496. The smallest absolute Gasteiger partial charge is 0.208 e. The molecule has 0 aliphatic rings. The second-order valence-electron chi connectivity index (χ2n) is 4.53. The zero-order chi connectivity index (χ0) is 14.8. The molecule has 1 rings (SSSR count). The zero-order valence-corrected chi connectivity index (χ0v) is 12.4. The van der Waals surface area contributed by atoms with E-state index in [1.165, 1.54) is 0 Å². The van der Waals surface area contributed by atoms with Gasteiger partial charge >= 0.3 is 0 Å². The Morgan fingerprint density at radius 2 is 1.95 bits per heavy atom. The monoisotopic (exact) mass is 302 g/mol. The van der Waals surface area contributed by atoms with E-state index < -0.39 is 16.1 Å². The van der Waals surface area contributed by atoms with Crippen molar-refractivity contribution >= 4 is 10.0 Å². The molecule has 0 aliphatic heterocycles. The van der Waals surface area contributed by atoms with Crippen LogP contribution in [0.4, 0.5) is 0 Å². The van der Waals surface area contributed by atoms with Gasteiger partial charge in [-0.2, -0.15) is 0 Å². The van der Waals surface area contributed by atoms with Crippen molar-refractivity contribution < 1.29 is 18.3 Å². The summed E-state index contributed by atoms with van der Waals surface area (Å²) in [6, 6.07) is 9.73. The molecule has 0 aromatic heterocycles. The van der Waals surface area contributed by atoms with Gasteiger partial charge in [-0.1, -0.05) is 30.3 Å². The van der Waals surface area contributed by atoms with Crippen LogP contribution in [-0.2, 0) is 21.4 Å². The number of aliphatic hydroxyl groups excluding tert-OH is 1. The number of rotatable bonds is 10. The highest BCUT2D eigenvalue weighted by atomic mass is 32.2. The fraction of sp³-hybridized carbons (Fsp3) is 0.538. The van der Waals surface area contributed by atoms with Crippen molar-refractivity contribution in [3.8, 4) is 0 Å². The average molecular weight is 302 g/mol. The summed E-state index contributed by atoms with van der Waals surface area (Å²) < 4.78 is 29.3. The molecule has 3 N–H and O–H groups in total. The standard InChI is InChI=1S/C13H22N2O4S/c1-20(17,18)15-8-7-14-9-13(16)11-19-10-12-5-3-2-4-6-12/h2-6,13-16H,7-11H2,1H3. The number of nitrogens with one attached hydrogen (secondary N) is 2. The molecule has 1 aromatic rings. The van der Waals surface area contributed by atoms with Crippen LogP contribution < -0.4 is 10.0 Å². The minimum Gasteiger partial charge on any atom is -0.389 e. The van der Waals surface area contributed by atoms with Crippen molar-refractivity contribution in [3.05, 3.63) is 35.9 Å². The number of ether oxygens (including phenoxy) is 1. The van der Waals surface area contributed by atoms with Gasteiger partial charge in [-0.05, 0) is 5.56 Å². The van der Waals surface area contributed by atoms with Gasteiger partial charge in [-0.15, -0.1) is 0 Å². The van der Waals surface area contributed by atoms with Crippen LogP contribution in [0.15, 0.2) is 30.3 Å². The van der Waals surface area contributed by atoms with E-state index in [-0.39, 0.29) is 6.61 Å². The number of hydrogen-bond donors (Lipinski definition) is 3. The Hall–Kier alpha value is -0.990. The fourth-order valence-corrected chi connectivity index (χ4v) is 2.01. The first kappa shape index (κ1) is 17.1. The Balaban J connectivity index is 2.02. The summed E-state index contributed by atoms with van der Waals surface area (Å²) in [5, 5.41) is 12.6. The highest BCUT2D eigenvalue weighted by molar-refractivity contribution is 7.88. The number of hydrogen-bond acceptors (Lipinski definition) is 5. The predicted octanol–water partition coefficient (Wildman–Crippen LogP) is -0.297. The van der Waals surface area contributed by atoms with Crippen molar-refractivity contribution in [2.24, 2.45) is 0 Å². The third-order valence-corrected chi connectivity index (χ3v) is 3.20. The maximum Gasteiger partial charge on any atom is 0.208 e. The Morgan fingerprint density at radius 1 is 1.25 bits per heavy atom. The lowest BCUT2D eigenvalue weighted by Gasteiger charge is -2.12. The van der Waals surface area contributed by atoms with E-state index in [1.807, 2.05) is 30.3 Å². The van der Waals surface area contributed by atoms with Crippen molar-refractivity contribution in [3.63, 3.8) is 0 Å². The quantitative estimate of drug-likeness (QED) is 0.517. The molecule has 6 nitrogen and oxygen atoms in total. The minimum atomic E-state index is -3.15. The summed E-state index contributed by atoms with van der Waals surface area (Å²) in [7, 11) is -3.15. The van der Waals surface area contributed by atoms with Crippen molar-refractivity contribution in [1.29, 1.82) is 0 Å². The zero-order valence-electron chi connectivity index (χ0n) is 11.6. The molecule has 1 atom stereocenters. The lowest BCUT2D eigenvalue weighted by Crippen LogP contribution is -2.36. The van der Waals surface area contributed by atoms with Crippen molar-refractivity contribution in [1.82, 2.24) is 10.0 Å². The molecule has 7 heteroatoms. The summed E-state index contributed by atoms with van der Waals surface area (Å²) in [6.45, 7) is 1.83. The first-order valence-corrected chi connectivity index (χ1v) is 8.31. The molecule has 0 aliphatic carbocycles. The largest absolute Gasteiger partial charge is 0.389 e. The molecule has 0 fully saturated rings. The minimum absolute atomic E-state index is 0.237. The van der Waals surface area contributed by atoms with Crippen LogP contribution >= 0.6 is 0 Å². The molecule has 20 heavy (non-hydrogen) atoms. The summed E-state index contributed by atoms with van der Waals surface area (Å²) in [5.74, 6) is 0. The molecule has 0 saturated carbocycles. The molecule has 0 radical (unpaired) electrons. The van der Waals surface area contributed by atoms with Gasteiger partial charge in [0.1, 0.15) is 0 Å².